The maximum absolute atomic E-state index is 7.08. The summed E-state index contributed by atoms with van der Waals surface area (Å²) in [6.45, 7) is 0. The predicted octanol–water partition coefficient (Wildman–Crippen LogP) is 15.3. The number of hydrogen-bond acceptors (Lipinski definition) is 4. The number of para-hydroxylation sites is 4. The van der Waals surface area contributed by atoms with Crippen LogP contribution in [-0.2, 0) is 0 Å². The molecule has 0 aliphatic rings. The van der Waals surface area contributed by atoms with Crippen LogP contribution in [0.1, 0.15) is 0 Å². The van der Waals surface area contributed by atoms with E-state index in [1.807, 2.05) is 6.07 Å². The molecule has 14 aromatic rings. The Morgan fingerprint density at radius 1 is 0.354 bits per heavy atom. The molecular formula is C59H35N5O. The second kappa shape index (κ2) is 13.8. The van der Waals surface area contributed by atoms with Crippen LogP contribution in [0.15, 0.2) is 217 Å². The molecule has 0 fully saturated rings. The van der Waals surface area contributed by atoms with Gasteiger partial charge >= 0.3 is 0 Å². The summed E-state index contributed by atoms with van der Waals surface area (Å²) in [7, 11) is 0. The van der Waals surface area contributed by atoms with E-state index < -0.39 is 0 Å². The van der Waals surface area contributed by atoms with Crippen LogP contribution in [0.3, 0.4) is 0 Å². The first kappa shape index (κ1) is 35.7. The lowest BCUT2D eigenvalue weighted by Crippen LogP contribution is -2.00. The molecule has 65 heavy (non-hydrogen) atoms. The topological polar surface area (TPSA) is 61.7 Å². The van der Waals surface area contributed by atoms with Gasteiger partial charge in [0.15, 0.2) is 23.1 Å². The molecule has 0 saturated carbocycles. The van der Waals surface area contributed by atoms with Crippen LogP contribution in [0, 0.1) is 0 Å². The molecule has 0 saturated heterocycles. The number of furan rings is 1. The van der Waals surface area contributed by atoms with E-state index in [0.29, 0.717) is 17.5 Å². The number of aromatic nitrogens is 5. The Balaban J connectivity index is 1.04. The van der Waals surface area contributed by atoms with E-state index in [-0.39, 0.29) is 0 Å². The van der Waals surface area contributed by atoms with E-state index in [2.05, 4.69) is 215 Å². The van der Waals surface area contributed by atoms with Gasteiger partial charge in [0.05, 0.1) is 27.8 Å². The average molecular weight is 830 g/mol. The second-order valence-corrected chi connectivity index (χ2v) is 16.8. The molecular weight excluding hydrogens is 795 g/mol. The Morgan fingerprint density at radius 3 is 1.54 bits per heavy atom. The quantitative estimate of drug-likeness (QED) is 0.173. The highest BCUT2D eigenvalue weighted by Crippen LogP contribution is 2.45. The highest BCUT2D eigenvalue weighted by molar-refractivity contribution is 6.24. The van der Waals surface area contributed by atoms with Gasteiger partial charge in [0.25, 0.3) is 0 Å². The fourth-order valence-electron chi connectivity index (χ4n) is 10.2. The van der Waals surface area contributed by atoms with Crippen LogP contribution in [0.5, 0.6) is 0 Å². The van der Waals surface area contributed by atoms with Crippen molar-refractivity contribution >= 4 is 87.1 Å². The molecule has 4 aromatic heterocycles. The van der Waals surface area contributed by atoms with Gasteiger partial charge < -0.3 is 13.6 Å². The fraction of sp³-hybridized carbons (Fsp3) is 0. The maximum atomic E-state index is 7.08. The van der Waals surface area contributed by atoms with Crippen molar-refractivity contribution in [1.29, 1.82) is 0 Å². The Kier molecular flexibility index (Phi) is 7.59. The van der Waals surface area contributed by atoms with Crippen LogP contribution in [0.2, 0.25) is 0 Å². The molecule has 0 radical (unpaired) electrons. The molecule has 302 valence electrons. The lowest BCUT2D eigenvalue weighted by molar-refractivity contribution is 0.666. The van der Waals surface area contributed by atoms with Crippen molar-refractivity contribution in [1.82, 2.24) is 24.1 Å². The first-order valence-corrected chi connectivity index (χ1v) is 21.9. The molecule has 0 N–H and O–H groups in total. The van der Waals surface area contributed by atoms with Gasteiger partial charge in [-0.1, -0.05) is 164 Å². The molecule has 0 aliphatic heterocycles. The van der Waals surface area contributed by atoms with Gasteiger partial charge in [-0.2, -0.15) is 0 Å². The number of rotatable bonds is 5. The maximum Gasteiger partial charge on any atom is 0.164 e. The van der Waals surface area contributed by atoms with Gasteiger partial charge in [0.2, 0.25) is 0 Å². The molecule has 6 nitrogen and oxygen atoms in total. The summed E-state index contributed by atoms with van der Waals surface area (Å²) < 4.78 is 11.9. The zero-order chi connectivity index (χ0) is 42.6. The minimum Gasteiger partial charge on any atom is -0.454 e. The Labute approximate surface area is 371 Å². The summed E-state index contributed by atoms with van der Waals surface area (Å²) in [4.78, 5) is 15.7. The predicted molar refractivity (Wildman–Crippen MR) is 267 cm³/mol. The first-order chi connectivity index (χ1) is 32.2. The third-order valence-electron chi connectivity index (χ3n) is 13.1. The molecule has 0 spiro atoms. The molecule has 0 aliphatic carbocycles. The zero-order valence-electron chi connectivity index (χ0n) is 34.9. The van der Waals surface area contributed by atoms with Gasteiger partial charge in [-0.15, -0.1) is 0 Å². The summed E-state index contributed by atoms with van der Waals surface area (Å²) in [5.74, 6) is 1.80. The van der Waals surface area contributed by atoms with Gasteiger partial charge in [0.1, 0.15) is 5.58 Å². The van der Waals surface area contributed by atoms with Crippen molar-refractivity contribution in [2.45, 2.75) is 0 Å². The van der Waals surface area contributed by atoms with Crippen LogP contribution in [-0.4, -0.2) is 24.1 Å². The highest BCUT2D eigenvalue weighted by Gasteiger charge is 2.25. The molecule has 0 amide bonds. The Morgan fingerprint density at radius 2 is 0.877 bits per heavy atom. The molecule has 14 rings (SSSR count). The van der Waals surface area contributed by atoms with E-state index in [4.69, 9.17) is 19.4 Å². The highest BCUT2D eigenvalue weighted by atomic mass is 16.3. The molecule has 0 atom stereocenters. The van der Waals surface area contributed by atoms with Crippen molar-refractivity contribution in [3.8, 4) is 45.5 Å². The first-order valence-electron chi connectivity index (χ1n) is 21.9. The second-order valence-electron chi connectivity index (χ2n) is 16.8. The summed E-state index contributed by atoms with van der Waals surface area (Å²) in [5.41, 5.74) is 10.9. The SMILES string of the molecule is c1ccc(-n2c3ccccc3c3ccc4c5ccccc5n(-c5cccc6c5oc5cccc(-c7nc(-c8ccc9ccccc9c8)nc(-c8ccc9ccccc9c8)n7)c56)c4c32)cc1. The van der Waals surface area contributed by atoms with Crippen molar-refractivity contribution in [3.63, 3.8) is 0 Å². The van der Waals surface area contributed by atoms with Crippen LogP contribution in [0.4, 0.5) is 0 Å². The monoisotopic (exact) mass is 829 g/mol. The number of fused-ring (bicyclic) bond motifs is 12. The van der Waals surface area contributed by atoms with Crippen molar-refractivity contribution in [2.24, 2.45) is 0 Å². The zero-order valence-corrected chi connectivity index (χ0v) is 34.9. The van der Waals surface area contributed by atoms with Gasteiger partial charge in [-0.3, -0.25) is 0 Å². The van der Waals surface area contributed by atoms with E-state index in [0.717, 1.165) is 93.6 Å². The summed E-state index contributed by atoms with van der Waals surface area (Å²) >= 11 is 0. The smallest absolute Gasteiger partial charge is 0.164 e. The molecule has 4 heterocycles. The summed E-state index contributed by atoms with van der Waals surface area (Å²) in [6, 6.07) is 74.9. The third-order valence-corrected chi connectivity index (χ3v) is 13.1. The van der Waals surface area contributed by atoms with Crippen molar-refractivity contribution < 1.29 is 4.42 Å². The number of nitrogens with zero attached hydrogens (tertiary/aromatic N) is 5. The largest absolute Gasteiger partial charge is 0.454 e. The van der Waals surface area contributed by atoms with E-state index in [9.17, 15) is 0 Å². The van der Waals surface area contributed by atoms with Crippen molar-refractivity contribution in [3.05, 3.63) is 212 Å². The lowest BCUT2D eigenvalue weighted by Gasteiger charge is -2.13. The minimum absolute atomic E-state index is 0.580. The van der Waals surface area contributed by atoms with E-state index in [1.54, 1.807) is 0 Å². The standard InChI is InChI=1S/C59H35N5O/c1-2-18-42(19-3-1)63-49-24-10-8-20-43(49)45-32-33-46-44-21-9-11-25-50(44)64(55(46)54(45)63)51-26-12-22-47-53-48(23-13-27-52(53)65-56(47)51)59-61-57(40-30-28-36-14-4-6-16-38(36)34-40)60-58(62-59)41-31-29-37-15-5-7-17-39(37)35-41/h1-35H. The van der Waals surface area contributed by atoms with Crippen molar-refractivity contribution in [2.75, 3.05) is 0 Å². The van der Waals surface area contributed by atoms with E-state index in [1.165, 1.54) is 21.5 Å². The summed E-state index contributed by atoms with van der Waals surface area (Å²) in [6.07, 6.45) is 0. The normalized spacial score (nSPS) is 12.0. The summed E-state index contributed by atoms with van der Waals surface area (Å²) in [5, 5.41) is 11.3. The Bertz CT molecular complexity index is 4160. The Hall–Kier alpha value is -8.87. The number of benzene rings is 10. The third kappa shape index (κ3) is 5.38. The fourth-order valence-corrected chi connectivity index (χ4v) is 10.2. The molecule has 6 heteroatoms. The van der Waals surface area contributed by atoms with Crippen LogP contribution >= 0.6 is 0 Å². The van der Waals surface area contributed by atoms with Gasteiger partial charge in [0, 0.05) is 54.7 Å². The van der Waals surface area contributed by atoms with E-state index >= 15 is 0 Å². The lowest BCUT2D eigenvalue weighted by atomic mass is 10.0. The molecule has 10 aromatic carbocycles. The van der Waals surface area contributed by atoms with Crippen LogP contribution in [0.25, 0.3) is 133 Å². The number of hydrogen-bond donors (Lipinski definition) is 0. The molecule has 0 bridgehead atoms. The minimum atomic E-state index is 0.580. The van der Waals surface area contributed by atoms with Crippen LogP contribution < -0.4 is 0 Å². The average Bonchev–Trinajstić information content (AvgIpc) is 4.04. The van der Waals surface area contributed by atoms with Gasteiger partial charge in [-0.25, -0.2) is 15.0 Å². The van der Waals surface area contributed by atoms with Gasteiger partial charge in [-0.05, 0) is 70.1 Å². The molecule has 0 unspecified atom stereocenters.